The SMILES string of the molecule is COc1ccccc1N1CCN(Cc2nc(-c3ccc(C(F)(F)F)cc3)sc2CSc2ccc(OCC(=O)O)c(C)c2)CC1. The Bertz CT molecular complexity index is 1590. The summed E-state index contributed by atoms with van der Waals surface area (Å²) in [6, 6.07) is 18.7. The quantitative estimate of drug-likeness (QED) is 0.172. The van der Waals surface area contributed by atoms with E-state index in [1.165, 1.54) is 23.5 Å². The van der Waals surface area contributed by atoms with Gasteiger partial charge in [-0.25, -0.2) is 9.78 Å². The molecule has 2 heterocycles. The molecule has 5 rings (SSSR count). The van der Waals surface area contributed by atoms with Crippen molar-refractivity contribution in [3.63, 3.8) is 0 Å². The standard InChI is InChI=1S/C32H32F3N3O4S2/c1-21-17-24(11-12-27(21)42-19-30(39)40)43-20-29-25(36-31(44-29)22-7-9-23(10-8-22)32(33,34)35)18-37-13-15-38(16-14-37)26-5-3-4-6-28(26)41-2/h3-12,17H,13-16,18-20H2,1-2H3,(H,39,40). The topological polar surface area (TPSA) is 75.1 Å². The number of aromatic nitrogens is 1. The van der Waals surface area contributed by atoms with Crippen molar-refractivity contribution in [1.82, 2.24) is 9.88 Å². The maximum absolute atomic E-state index is 13.2. The number of benzene rings is 3. The number of hydrogen-bond acceptors (Lipinski definition) is 8. The highest BCUT2D eigenvalue weighted by atomic mass is 32.2. The molecule has 232 valence electrons. The largest absolute Gasteiger partial charge is 0.495 e. The first kappa shape index (κ1) is 31.7. The number of thiazole rings is 1. The van der Waals surface area contributed by atoms with Crippen LogP contribution >= 0.6 is 23.1 Å². The third-order valence-corrected chi connectivity index (χ3v) is 9.63. The van der Waals surface area contributed by atoms with Gasteiger partial charge in [-0.15, -0.1) is 23.1 Å². The number of anilines is 1. The van der Waals surface area contributed by atoms with Crippen LogP contribution in [0, 0.1) is 6.92 Å². The van der Waals surface area contributed by atoms with Crippen LogP contribution in [0.4, 0.5) is 18.9 Å². The molecule has 1 fully saturated rings. The fourth-order valence-corrected chi connectivity index (χ4v) is 7.13. The maximum atomic E-state index is 13.2. The summed E-state index contributed by atoms with van der Waals surface area (Å²) in [5.41, 5.74) is 2.78. The van der Waals surface area contributed by atoms with Gasteiger partial charge in [0, 0.05) is 53.8 Å². The van der Waals surface area contributed by atoms with Crippen molar-refractivity contribution < 1.29 is 32.5 Å². The van der Waals surface area contributed by atoms with Crippen molar-refractivity contribution in [2.24, 2.45) is 0 Å². The highest BCUT2D eigenvalue weighted by Crippen LogP contribution is 2.37. The summed E-state index contributed by atoms with van der Waals surface area (Å²) in [6.07, 6.45) is -4.40. The van der Waals surface area contributed by atoms with Crippen molar-refractivity contribution in [2.45, 2.75) is 30.3 Å². The van der Waals surface area contributed by atoms with Gasteiger partial charge in [0.25, 0.3) is 0 Å². The number of thioether (sulfide) groups is 1. The normalized spacial score (nSPS) is 14.1. The van der Waals surface area contributed by atoms with Crippen LogP contribution in [0.1, 0.15) is 21.7 Å². The minimum atomic E-state index is -4.40. The van der Waals surface area contributed by atoms with Crippen LogP contribution in [-0.4, -0.2) is 60.9 Å². The molecular formula is C32H32F3N3O4S2. The van der Waals surface area contributed by atoms with E-state index < -0.39 is 24.3 Å². The molecule has 0 aliphatic carbocycles. The van der Waals surface area contributed by atoms with Gasteiger partial charge < -0.3 is 19.5 Å². The molecule has 4 aromatic rings. The monoisotopic (exact) mass is 643 g/mol. The van der Waals surface area contributed by atoms with Gasteiger partial charge in [0.1, 0.15) is 16.5 Å². The third-order valence-electron chi connectivity index (χ3n) is 7.28. The number of carboxylic acids is 1. The fourth-order valence-electron chi connectivity index (χ4n) is 4.96. The van der Waals surface area contributed by atoms with Crippen molar-refractivity contribution in [1.29, 1.82) is 0 Å². The molecule has 12 heteroatoms. The van der Waals surface area contributed by atoms with E-state index in [0.717, 1.165) is 70.8 Å². The Hall–Kier alpha value is -3.74. The Morgan fingerprint density at radius 1 is 1.02 bits per heavy atom. The van der Waals surface area contributed by atoms with E-state index in [1.54, 1.807) is 24.9 Å². The van der Waals surface area contributed by atoms with Gasteiger partial charge in [-0.2, -0.15) is 13.2 Å². The summed E-state index contributed by atoms with van der Waals surface area (Å²) < 4.78 is 50.4. The molecule has 44 heavy (non-hydrogen) atoms. The number of halogens is 3. The zero-order chi connectivity index (χ0) is 31.3. The van der Waals surface area contributed by atoms with E-state index in [4.69, 9.17) is 19.6 Å². The lowest BCUT2D eigenvalue weighted by Crippen LogP contribution is -2.46. The summed E-state index contributed by atoms with van der Waals surface area (Å²) in [5.74, 6) is 0.958. The van der Waals surface area contributed by atoms with Crippen LogP contribution in [0.5, 0.6) is 11.5 Å². The first-order valence-corrected chi connectivity index (χ1v) is 15.8. The lowest BCUT2D eigenvalue weighted by Gasteiger charge is -2.36. The van der Waals surface area contributed by atoms with Crippen LogP contribution in [-0.2, 0) is 23.3 Å². The number of carboxylic acid groups (broad SMARTS) is 1. The number of methoxy groups -OCH3 is 1. The van der Waals surface area contributed by atoms with E-state index >= 15 is 0 Å². The molecule has 0 saturated carbocycles. The molecule has 0 spiro atoms. The fraction of sp³-hybridized carbons (Fsp3) is 0.312. The molecule has 1 N–H and O–H groups in total. The van der Waals surface area contributed by atoms with Crippen LogP contribution in [0.25, 0.3) is 10.6 Å². The van der Waals surface area contributed by atoms with E-state index in [1.807, 2.05) is 37.3 Å². The average Bonchev–Trinajstić information content (AvgIpc) is 3.41. The van der Waals surface area contributed by atoms with Crippen LogP contribution in [0.15, 0.2) is 71.6 Å². The smallest absolute Gasteiger partial charge is 0.416 e. The molecule has 3 aromatic carbocycles. The Labute approximate surface area is 262 Å². The Morgan fingerprint density at radius 3 is 2.41 bits per heavy atom. The van der Waals surface area contributed by atoms with Gasteiger partial charge in [-0.3, -0.25) is 4.90 Å². The minimum Gasteiger partial charge on any atom is -0.495 e. The molecule has 0 atom stereocenters. The van der Waals surface area contributed by atoms with Crippen LogP contribution < -0.4 is 14.4 Å². The lowest BCUT2D eigenvalue weighted by atomic mass is 10.1. The van der Waals surface area contributed by atoms with Crippen molar-refractivity contribution in [3.8, 4) is 22.1 Å². The summed E-state index contributed by atoms with van der Waals surface area (Å²) in [6.45, 7) is 5.41. The molecule has 0 amide bonds. The second-order valence-electron chi connectivity index (χ2n) is 10.3. The molecule has 0 unspecified atom stereocenters. The van der Waals surface area contributed by atoms with Gasteiger partial charge in [0.15, 0.2) is 6.61 Å². The lowest BCUT2D eigenvalue weighted by molar-refractivity contribution is -0.139. The van der Waals surface area contributed by atoms with Gasteiger partial charge in [-0.1, -0.05) is 24.3 Å². The van der Waals surface area contributed by atoms with Gasteiger partial charge in [0.2, 0.25) is 0 Å². The highest BCUT2D eigenvalue weighted by Gasteiger charge is 2.30. The second-order valence-corrected chi connectivity index (χ2v) is 12.4. The molecular weight excluding hydrogens is 611 g/mol. The number of carbonyl (C=O) groups is 1. The average molecular weight is 644 g/mol. The number of rotatable bonds is 11. The molecule has 7 nitrogen and oxygen atoms in total. The first-order chi connectivity index (χ1) is 21.1. The Morgan fingerprint density at radius 2 is 1.75 bits per heavy atom. The van der Waals surface area contributed by atoms with Crippen molar-refractivity contribution in [2.75, 3.05) is 44.8 Å². The number of aliphatic carboxylic acids is 1. The summed E-state index contributed by atoms with van der Waals surface area (Å²) in [7, 11) is 1.67. The molecule has 1 saturated heterocycles. The maximum Gasteiger partial charge on any atom is 0.416 e. The predicted molar refractivity (Wildman–Crippen MR) is 167 cm³/mol. The third kappa shape index (κ3) is 7.85. The molecule has 0 radical (unpaired) electrons. The zero-order valence-electron chi connectivity index (χ0n) is 24.3. The number of para-hydroxylation sites is 2. The van der Waals surface area contributed by atoms with Crippen molar-refractivity contribution in [3.05, 3.63) is 88.4 Å². The van der Waals surface area contributed by atoms with E-state index in [2.05, 4.69) is 15.9 Å². The van der Waals surface area contributed by atoms with E-state index in [9.17, 15) is 18.0 Å². The number of piperazine rings is 1. The molecule has 0 bridgehead atoms. The second kappa shape index (κ2) is 13.9. The number of hydrogen-bond donors (Lipinski definition) is 1. The van der Waals surface area contributed by atoms with Crippen molar-refractivity contribution >= 4 is 34.8 Å². The number of alkyl halides is 3. The summed E-state index contributed by atoms with van der Waals surface area (Å²) in [4.78, 5) is 22.5. The summed E-state index contributed by atoms with van der Waals surface area (Å²) in [5, 5.41) is 9.59. The highest BCUT2D eigenvalue weighted by molar-refractivity contribution is 7.98. The minimum absolute atomic E-state index is 0.405. The predicted octanol–water partition coefficient (Wildman–Crippen LogP) is 7.22. The van der Waals surface area contributed by atoms with Crippen LogP contribution in [0.2, 0.25) is 0 Å². The number of ether oxygens (including phenoxy) is 2. The first-order valence-electron chi connectivity index (χ1n) is 14.0. The Balaban J connectivity index is 1.32. The molecule has 1 aliphatic heterocycles. The number of nitrogens with zero attached hydrogens (tertiary/aromatic N) is 3. The van der Waals surface area contributed by atoms with Gasteiger partial charge in [-0.05, 0) is 55.0 Å². The molecule has 1 aromatic heterocycles. The summed E-state index contributed by atoms with van der Waals surface area (Å²) >= 11 is 3.12. The molecule has 1 aliphatic rings. The van der Waals surface area contributed by atoms with E-state index in [0.29, 0.717) is 28.6 Å². The van der Waals surface area contributed by atoms with Crippen LogP contribution in [0.3, 0.4) is 0 Å². The van der Waals surface area contributed by atoms with Gasteiger partial charge >= 0.3 is 12.1 Å². The van der Waals surface area contributed by atoms with Gasteiger partial charge in [0.05, 0.1) is 24.1 Å². The zero-order valence-corrected chi connectivity index (χ0v) is 25.9. The van der Waals surface area contributed by atoms with E-state index in [-0.39, 0.29) is 0 Å². The number of aryl methyl sites for hydroxylation is 1. The Kier molecular flexibility index (Phi) is 10.0.